The van der Waals surface area contributed by atoms with E-state index < -0.39 is 27.3 Å². The number of carbonyl (C=O) groups excluding carboxylic acids is 1. The van der Waals surface area contributed by atoms with Crippen LogP contribution in [0.2, 0.25) is 0 Å². The van der Waals surface area contributed by atoms with Crippen molar-refractivity contribution >= 4 is 32.2 Å². The van der Waals surface area contributed by atoms with Crippen molar-refractivity contribution in [2.75, 3.05) is 16.8 Å². The van der Waals surface area contributed by atoms with E-state index in [1.165, 1.54) is 11.3 Å². The van der Waals surface area contributed by atoms with Crippen molar-refractivity contribution in [3.8, 4) is 12.3 Å². The predicted molar refractivity (Wildman–Crippen MR) is 70.1 cm³/mol. The van der Waals surface area contributed by atoms with E-state index in [4.69, 9.17) is 6.42 Å². The van der Waals surface area contributed by atoms with Gasteiger partial charge in [-0.05, 0) is 0 Å². The molecule has 18 heavy (non-hydrogen) atoms. The number of anilines is 1. The van der Waals surface area contributed by atoms with Gasteiger partial charge in [0.2, 0.25) is 11.0 Å². The number of hydrogen-bond donors (Lipinski definition) is 1. The van der Waals surface area contributed by atoms with Crippen LogP contribution in [0.5, 0.6) is 0 Å². The minimum absolute atomic E-state index is 0.207. The fraction of sp³-hybridized carbons (Fsp3) is 0.500. The Kier molecular flexibility index (Phi) is 4.81. The highest BCUT2D eigenvalue weighted by atomic mass is 32.2. The standard InChI is InChI=1S/C10H13N3O3S2/c1-4-5-18(15,16)6-8(14)11-10-13-12-9(17-10)7(2)3/h1,7H,5-6H2,2-3H3,(H,11,13,14). The van der Waals surface area contributed by atoms with Crippen LogP contribution in [0.25, 0.3) is 0 Å². The molecule has 0 saturated carbocycles. The highest BCUT2D eigenvalue weighted by Crippen LogP contribution is 2.22. The molecule has 0 spiro atoms. The Bertz CT molecular complexity index is 569. The molecule has 1 amide bonds. The monoisotopic (exact) mass is 287 g/mol. The third kappa shape index (κ3) is 4.43. The van der Waals surface area contributed by atoms with Gasteiger partial charge in [-0.15, -0.1) is 16.6 Å². The van der Waals surface area contributed by atoms with Crippen LogP contribution in [-0.4, -0.2) is 36.0 Å². The zero-order chi connectivity index (χ0) is 13.8. The Labute approximate surface area is 110 Å². The number of amides is 1. The summed E-state index contributed by atoms with van der Waals surface area (Å²) in [6, 6.07) is 0. The minimum atomic E-state index is -3.55. The number of rotatable bonds is 5. The van der Waals surface area contributed by atoms with Crippen molar-refractivity contribution in [3.63, 3.8) is 0 Å². The zero-order valence-electron chi connectivity index (χ0n) is 10.0. The molecule has 0 aliphatic heterocycles. The van der Waals surface area contributed by atoms with Crippen LogP contribution in [0.15, 0.2) is 0 Å². The molecule has 0 aromatic carbocycles. The Morgan fingerprint density at radius 1 is 1.50 bits per heavy atom. The van der Waals surface area contributed by atoms with Crippen LogP contribution >= 0.6 is 11.3 Å². The molecule has 1 aromatic rings. The molecule has 0 bridgehead atoms. The lowest BCUT2D eigenvalue weighted by molar-refractivity contribution is -0.113. The molecule has 6 nitrogen and oxygen atoms in total. The van der Waals surface area contributed by atoms with E-state index in [1.54, 1.807) is 0 Å². The van der Waals surface area contributed by atoms with Gasteiger partial charge in [-0.2, -0.15) is 0 Å². The zero-order valence-corrected chi connectivity index (χ0v) is 11.6. The number of sulfone groups is 1. The third-order valence-corrected chi connectivity index (χ3v) is 4.28. The van der Waals surface area contributed by atoms with E-state index in [2.05, 4.69) is 15.5 Å². The topological polar surface area (TPSA) is 89.0 Å². The SMILES string of the molecule is C#CCS(=O)(=O)CC(=O)Nc1nnc(C(C)C)s1. The van der Waals surface area contributed by atoms with E-state index >= 15 is 0 Å². The highest BCUT2D eigenvalue weighted by molar-refractivity contribution is 7.92. The van der Waals surface area contributed by atoms with Crippen LogP contribution < -0.4 is 5.32 Å². The van der Waals surface area contributed by atoms with Crippen molar-refractivity contribution in [1.82, 2.24) is 10.2 Å². The summed E-state index contributed by atoms with van der Waals surface area (Å²) in [5, 5.41) is 11.1. The van der Waals surface area contributed by atoms with Crippen LogP contribution in [-0.2, 0) is 14.6 Å². The molecule has 0 aliphatic rings. The molecule has 1 aromatic heterocycles. The number of carbonyl (C=O) groups is 1. The van der Waals surface area contributed by atoms with Gasteiger partial charge in [0, 0.05) is 5.92 Å². The summed E-state index contributed by atoms with van der Waals surface area (Å²) in [5.74, 6) is 0.458. The second-order valence-electron chi connectivity index (χ2n) is 3.88. The fourth-order valence-electron chi connectivity index (χ4n) is 1.05. The van der Waals surface area contributed by atoms with Gasteiger partial charge < -0.3 is 0 Å². The number of aromatic nitrogens is 2. The van der Waals surface area contributed by atoms with Crippen LogP contribution in [0.3, 0.4) is 0 Å². The van der Waals surface area contributed by atoms with E-state index in [-0.39, 0.29) is 5.92 Å². The number of terminal acetylenes is 1. The molecule has 1 rings (SSSR count). The first-order valence-electron chi connectivity index (χ1n) is 5.11. The minimum Gasteiger partial charge on any atom is -0.300 e. The van der Waals surface area contributed by atoms with Crippen LogP contribution in [0.4, 0.5) is 5.13 Å². The van der Waals surface area contributed by atoms with E-state index in [1.807, 2.05) is 19.8 Å². The van der Waals surface area contributed by atoms with Gasteiger partial charge in [-0.1, -0.05) is 31.1 Å². The molecule has 0 saturated heterocycles. The summed E-state index contributed by atoms with van der Waals surface area (Å²) < 4.78 is 22.6. The van der Waals surface area contributed by atoms with Gasteiger partial charge in [0.15, 0.2) is 9.84 Å². The molecule has 0 aliphatic carbocycles. The fourth-order valence-corrected chi connectivity index (χ4v) is 2.64. The lowest BCUT2D eigenvalue weighted by Crippen LogP contribution is -2.24. The maximum absolute atomic E-state index is 11.5. The smallest absolute Gasteiger partial charge is 0.241 e. The Morgan fingerprint density at radius 2 is 2.17 bits per heavy atom. The van der Waals surface area contributed by atoms with Crippen molar-refractivity contribution in [3.05, 3.63) is 5.01 Å². The quantitative estimate of drug-likeness (QED) is 0.803. The van der Waals surface area contributed by atoms with Gasteiger partial charge in [-0.3, -0.25) is 10.1 Å². The molecule has 8 heteroatoms. The lowest BCUT2D eigenvalue weighted by Gasteiger charge is -2.00. The second kappa shape index (κ2) is 5.93. The summed E-state index contributed by atoms with van der Waals surface area (Å²) >= 11 is 1.22. The predicted octanol–water partition coefficient (Wildman–Crippen LogP) is 0.648. The normalized spacial score (nSPS) is 11.2. The lowest BCUT2D eigenvalue weighted by atomic mass is 10.2. The molecule has 1 heterocycles. The molecular weight excluding hydrogens is 274 g/mol. The van der Waals surface area contributed by atoms with Gasteiger partial charge in [0.25, 0.3) is 0 Å². The third-order valence-electron chi connectivity index (χ3n) is 1.84. The van der Waals surface area contributed by atoms with Crippen LogP contribution in [0, 0.1) is 12.3 Å². The van der Waals surface area contributed by atoms with Gasteiger partial charge >= 0.3 is 0 Å². The molecule has 0 unspecified atom stereocenters. The number of nitrogens with one attached hydrogen (secondary N) is 1. The summed E-state index contributed by atoms with van der Waals surface area (Å²) in [4.78, 5) is 11.5. The average molecular weight is 287 g/mol. The summed E-state index contributed by atoms with van der Waals surface area (Å²) in [6.07, 6.45) is 4.90. The molecule has 0 radical (unpaired) electrons. The molecule has 0 atom stereocenters. The molecule has 98 valence electrons. The van der Waals surface area contributed by atoms with Crippen LogP contribution in [0.1, 0.15) is 24.8 Å². The Hall–Kier alpha value is -1.46. The largest absolute Gasteiger partial charge is 0.300 e. The molecular formula is C10H13N3O3S2. The van der Waals surface area contributed by atoms with Crippen molar-refractivity contribution in [2.24, 2.45) is 0 Å². The first kappa shape index (κ1) is 14.6. The van der Waals surface area contributed by atoms with Crippen molar-refractivity contribution in [2.45, 2.75) is 19.8 Å². The van der Waals surface area contributed by atoms with Crippen molar-refractivity contribution in [1.29, 1.82) is 0 Å². The Balaban J connectivity index is 2.63. The summed E-state index contributed by atoms with van der Waals surface area (Å²) in [6.45, 7) is 3.90. The van der Waals surface area contributed by atoms with Crippen molar-refractivity contribution < 1.29 is 13.2 Å². The first-order chi connectivity index (χ1) is 8.34. The highest BCUT2D eigenvalue weighted by Gasteiger charge is 2.17. The maximum atomic E-state index is 11.5. The molecule has 1 N–H and O–H groups in total. The first-order valence-corrected chi connectivity index (χ1v) is 7.75. The van der Waals surface area contributed by atoms with Gasteiger partial charge in [-0.25, -0.2) is 8.42 Å². The van der Waals surface area contributed by atoms with E-state index in [9.17, 15) is 13.2 Å². The molecule has 0 fully saturated rings. The van der Waals surface area contributed by atoms with Gasteiger partial charge in [0.05, 0.1) is 0 Å². The Morgan fingerprint density at radius 3 is 2.67 bits per heavy atom. The van der Waals surface area contributed by atoms with E-state index in [0.29, 0.717) is 5.13 Å². The number of hydrogen-bond acceptors (Lipinski definition) is 6. The second-order valence-corrected chi connectivity index (χ2v) is 6.96. The average Bonchev–Trinajstić information content (AvgIpc) is 2.64. The maximum Gasteiger partial charge on any atom is 0.241 e. The number of nitrogens with zero attached hydrogens (tertiary/aromatic N) is 2. The van der Waals surface area contributed by atoms with Gasteiger partial charge in [0.1, 0.15) is 16.5 Å². The summed E-state index contributed by atoms with van der Waals surface area (Å²) in [7, 11) is -3.55. The van der Waals surface area contributed by atoms with E-state index in [0.717, 1.165) is 5.01 Å². The summed E-state index contributed by atoms with van der Waals surface area (Å²) in [5.41, 5.74) is 0.